The minimum atomic E-state index is 0.473. The standard InChI is InChI=1S/C13H20N2O/c1-10-5-4-6-12-13(10)15(3)11(9-16-12)7-8-14-2/h4-6,11,14H,7-9H2,1-3H3. The maximum atomic E-state index is 5.81. The first kappa shape index (κ1) is 11.3. The largest absolute Gasteiger partial charge is 0.489 e. The molecule has 1 atom stereocenters. The summed E-state index contributed by atoms with van der Waals surface area (Å²) >= 11 is 0. The number of likely N-dealkylation sites (N-methyl/N-ethyl adjacent to an activating group) is 1. The highest BCUT2D eigenvalue weighted by Gasteiger charge is 2.25. The molecule has 0 spiro atoms. The third-order valence-electron chi connectivity index (χ3n) is 3.26. The predicted octanol–water partition coefficient (Wildman–Crippen LogP) is 1.80. The van der Waals surface area contributed by atoms with E-state index in [9.17, 15) is 0 Å². The Bertz CT molecular complexity index is 365. The number of fused-ring (bicyclic) bond motifs is 1. The lowest BCUT2D eigenvalue weighted by Crippen LogP contribution is -2.42. The van der Waals surface area contributed by atoms with E-state index in [4.69, 9.17) is 4.74 Å². The van der Waals surface area contributed by atoms with Crippen molar-refractivity contribution in [3.05, 3.63) is 23.8 Å². The molecule has 16 heavy (non-hydrogen) atoms. The van der Waals surface area contributed by atoms with Crippen LogP contribution in [0.25, 0.3) is 0 Å². The first-order valence-corrected chi connectivity index (χ1v) is 5.84. The third-order valence-corrected chi connectivity index (χ3v) is 3.26. The van der Waals surface area contributed by atoms with E-state index < -0.39 is 0 Å². The van der Waals surface area contributed by atoms with Crippen molar-refractivity contribution in [3.63, 3.8) is 0 Å². The Morgan fingerprint density at radius 1 is 1.50 bits per heavy atom. The zero-order chi connectivity index (χ0) is 11.5. The van der Waals surface area contributed by atoms with Crippen molar-refractivity contribution in [1.29, 1.82) is 0 Å². The van der Waals surface area contributed by atoms with Crippen molar-refractivity contribution in [2.75, 3.05) is 32.1 Å². The van der Waals surface area contributed by atoms with Crippen molar-refractivity contribution < 1.29 is 4.74 Å². The van der Waals surface area contributed by atoms with Crippen LogP contribution in [0.2, 0.25) is 0 Å². The fourth-order valence-corrected chi connectivity index (χ4v) is 2.27. The Morgan fingerprint density at radius 2 is 2.31 bits per heavy atom. The maximum absolute atomic E-state index is 5.81. The van der Waals surface area contributed by atoms with Gasteiger partial charge < -0.3 is 15.0 Å². The van der Waals surface area contributed by atoms with Crippen LogP contribution < -0.4 is 15.0 Å². The number of para-hydroxylation sites is 1. The van der Waals surface area contributed by atoms with Crippen LogP contribution in [0.4, 0.5) is 5.69 Å². The fourth-order valence-electron chi connectivity index (χ4n) is 2.27. The molecule has 1 heterocycles. The van der Waals surface area contributed by atoms with E-state index in [-0.39, 0.29) is 0 Å². The molecule has 0 amide bonds. The molecule has 0 fully saturated rings. The van der Waals surface area contributed by atoms with E-state index in [0.29, 0.717) is 6.04 Å². The number of anilines is 1. The monoisotopic (exact) mass is 220 g/mol. The van der Waals surface area contributed by atoms with Gasteiger partial charge in [-0.15, -0.1) is 0 Å². The molecule has 1 N–H and O–H groups in total. The molecule has 88 valence electrons. The average molecular weight is 220 g/mol. The molecule has 1 aromatic carbocycles. The van der Waals surface area contributed by atoms with Crippen LogP contribution in [-0.2, 0) is 0 Å². The van der Waals surface area contributed by atoms with Crippen LogP contribution in [0.3, 0.4) is 0 Å². The summed E-state index contributed by atoms with van der Waals surface area (Å²) in [6, 6.07) is 6.71. The van der Waals surface area contributed by atoms with Gasteiger partial charge in [0.15, 0.2) is 0 Å². The highest BCUT2D eigenvalue weighted by atomic mass is 16.5. The van der Waals surface area contributed by atoms with Gasteiger partial charge >= 0.3 is 0 Å². The second kappa shape index (κ2) is 4.74. The van der Waals surface area contributed by atoms with E-state index in [2.05, 4.69) is 36.3 Å². The van der Waals surface area contributed by atoms with Crippen LogP contribution in [0.1, 0.15) is 12.0 Å². The molecule has 1 aromatic rings. The van der Waals surface area contributed by atoms with Crippen molar-refractivity contribution >= 4 is 5.69 Å². The van der Waals surface area contributed by atoms with Gasteiger partial charge in [0.25, 0.3) is 0 Å². The molecule has 1 aliphatic heterocycles. The quantitative estimate of drug-likeness (QED) is 0.840. The van der Waals surface area contributed by atoms with Crippen LogP contribution in [-0.4, -0.2) is 33.3 Å². The van der Waals surface area contributed by atoms with Crippen LogP contribution in [0.5, 0.6) is 5.75 Å². The van der Waals surface area contributed by atoms with Crippen LogP contribution >= 0.6 is 0 Å². The first-order valence-electron chi connectivity index (χ1n) is 5.84. The van der Waals surface area contributed by atoms with Gasteiger partial charge in [0.2, 0.25) is 0 Å². The molecule has 3 heteroatoms. The topological polar surface area (TPSA) is 24.5 Å². The second-order valence-corrected chi connectivity index (χ2v) is 4.39. The number of rotatable bonds is 3. The summed E-state index contributed by atoms with van der Waals surface area (Å²) in [5.41, 5.74) is 2.53. The van der Waals surface area contributed by atoms with Crippen LogP contribution in [0, 0.1) is 6.92 Å². The van der Waals surface area contributed by atoms with Crippen molar-refractivity contribution in [2.45, 2.75) is 19.4 Å². The Balaban J connectivity index is 2.20. The molecule has 1 unspecified atom stereocenters. The number of nitrogens with zero attached hydrogens (tertiary/aromatic N) is 1. The van der Waals surface area contributed by atoms with Crippen LogP contribution in [0.15, 0.2) is 18.2 Å². The molecule has 3 nitrogen and oxygen atoms in total. The van der Waals surface area contributed by atoms with Gasteiger partial charge in [-0.3, -0.25) is 0 Å². The number of hydrogen-bond acceptors (Lipinski definition) is 3. The van der Waals surface area contributed by atoms with E-state index in [1.807, 2.05) is 13.1 Å². The fraction of sp³-hybridized carbons (Fsp3) is 0.538. The Labute approximate surface area is 97.4 Å². The Morgan fingerprint density at radius 3 is 3.06 bits per heavy atom. The van der Waals surface area contributed by atoms with Gasteiger partial charge in [0.1, 0.15) is 12.4 Å². The summed E-state index contributed by atoms with van der Waals surface area (Å²) < 4.78 is 5.81. The van der Waals surface area contributed by atoms with Gasteiger partial charge in [-0.05, 0) is 38.6 Å². The Kier molecular flexibility index (Phi) is 3.34. The number of aryl methyl sites for hydroxylation is 1. The molecule has 0 bridgehead atoms. The lowest BCUT2D eigenvalue weighted by atomic mass is 10.1. The van der Waals surface area contributed by atoms with Crippen molar-refractivity contribution in [1.82, 2.24) is 5.32 Å². The average Bonchev–Trinajstić information content (AvgIpc) is 2.28. The summed E-state index contributed by atoms with van der Waals surface area (Å²) in [5, 5.41) is 3.19. The van der Waals surface area contributed by atoms with Gasteiger partial charge in [-0.1, -0.05) is 12.1 Å². The summed E-state index contributed by atoms with van der Waals surface area (Å²) in [5.74, 6) is 1.02. The maximum Gasteiger partial charge on any atom is 0.142 e. The first-order chi connectivity index (χ1) is 7.74. The SMILES string of the molecule is CNCCC1COc2cccc(C)c2N1C. The molecule has 2 rings (SSSR count). The number of nitrogens with one attached hydrogen (secondary N) is 1. The molecule has 0 saturated heterocycles. The normalized spacial score (nSPS) is 19.2. The molecule has 0 saturated carbocycles. The lowest BCUT2D eigenvalue weighted by molar-refractivity contribution is 0.259. The molecular weight excluding hydrogens is 200 g/mol. The number of benzene rings is 1. The molecule has 0 radical (unpaired) electrons. The highest BCUT2D eigenvalue weighted by Crippen LogP contribution is 2.36. The van der Waals surface area contributed by atoms with Gasteiger partial charge in [0.05, 0.1) is 11.7 Å². The summed E-state index contributed by atoms with van der Waals surface area (Å²) in [4.78, 5) is 2.35. The summed E-state index contributed by atoms with van der Waals surface area (Å²) in [6.07, 6.45) is 1.11. The highest BCUT2D eigenvalue weighted by molar-refractivity contribution is 5.64. The zero-order valence-electron chi connectivity index (χ0n) is 10.3. The molecule has 1 aliphatic rings. The van der Waals surface area contributed by atoms with E-state index in [1.165, 1.54) is 11.3 Å². The summed E-state index contributed by atoms with van der Waals surface area (Å²) in [6.45, 7) is 3.95. The van der Waals surface area contributed by atoms with Crippen molar-refractivity contribution in [3.8, 4) is 5.75 Å². The predicted molar refractivity (Wildman–Crippen MR) is 67.4 cm³/mol. The van der Waals surface area contributed by atoms with E-state index in [0.717, 1.165) is 25.3 Å². The van der Waals surface area contributed by atoms with Gasteiger partial charge in [-0.2, -0.15) is 0 Å². The van der Waals surface area contributed by atoms with Crippen molar-refractivity contribution in [2.24, 2.45) is 0 Å². The second-order valence-electron chi connectivity index (χ2n) is 4.39. The molecule has 0 aromatic heterocycles. The Hall–Kier alpha value is -1.22. The minimum Gasteiger partial charge on any atom is -0.489 e. The van der Waals surface area contributed by atoms with Gasteiger partial charge in [0, 0.05) is 7.05 Å². The van der Waals surface area contributed by atoms with E-state index >= 15 is 0 Å². The lowest BCUT2D eigenvalue weighted by Gasteiger charge is -2.37. The number of hydrogen-bond donors (Lipinski definition) is 1. The van der Waals surface area contributed by atoms with Gasteiger partial charge in [-0.25, -0.2) is 0 Å². The number of ether oxygens (including phenoxy) is 1. The molecular formula is C13H20N2O. The smallest absolute Gasteiger partial charge is 0.142 e. The summed E-state index contributed by atoms with van der Waals surface area (Å²) in [7, 11) is 4.15. The minimum absolute atomic E-state index is 0.473. The van der Waals surface area contributed by atoms with E-state index in [1.54, 1.807) is 0 Å². The molecule has 0 aliphatic carbocycles. The zero-order valence-corrected chi connectivity index (χ0v) is 10.3. The third kappa shape index (κ3) is 2.00.